The summed E-state index contributed by atoms with van der Waals surface area (Å²) in [6, 6.07) is 3.20. The largest absolute Gasteiger partial charge is 0.417 e. The number of ether oxygens (including phenoxy) is 3. The zero-order valence-electron chi connectivity index (χ0n) is 19.8. The number of carbonyl (C=O) groups is 1. The van der Waals surface area contributed by atoms with Crippen LogP contribution in [-0.2, 0) is 38.1 Å². The third kappa shape index (κ3) is 5.77. The Hall–Kier alpha value is -2.26. The lowest BCUT2D eigenvalue weighted by Gasteiger charge is -2.37. The molecule has 4 atom stereocenters. The van der Waals surface area contributed by atoms with Crippen LogP contribution in [0.5, 0.6) is 0 Å². The van der Waals surface area contributed by atoms with Gasteiger partial charge in [-0.3, -0.25) is 9.78 Å². The zero-order chi connectivity index (χ0) is 25.1. The maximum atomic E-state index is 13.8. The molecule has 0 radical (unpaired) electrons. The lowest BCUT2D eigenvalue weighted by atomic mass is 9.84. The van der Waals surface area contributed by atoms with Crippen LogP contribution in [0.15, 0.2) is 12.3 Å². The van der Waals surface area contributed by atoms with Crippen LogP contribution < -0.4 is 5.32 Å². The molecule has 35 heavy (non-hydrogen) atoms. The van der Waals surface area contributed by atoms with Gasteiger partial charge >= 0.3 is 6.18 Å². The van der Waals surface area contributed by atoms with Gasteiger partial charge < -0.3 is 24.4 Å². The Morgan fingerprint density at radius 1 is 1.43 bits per heavy atom. The van der Waals surface area contributed by atoms with Crippen molar-refractivity contribution >= 4 is 5.91 Å². The van der Waals surface area contributed by atoms with Gasteiger partial charge in [0.1, 0.15) is 6.61 Å². The molecule has 1 saturated heterocycles. The fraction of sp³-hybridized carbons (Fsp3) is 0.708. The molecule has 2 fully saturated rings. The van der Waals surface area contributed by atoms with Gasteiger partial charge in [0.25, 0.3) is 0 Å². The summed E-state index contributed by atoms with van der Waals surface area (Å²) in [5.74, 6) is -0.141. The molecule has 1 aromatic heterocycles. The minimum atomic E-state index is -4.49. The fourth-order valence-corrected chi connectivity index (χ4v) is 5.48. The maximum Gasteiger partial charge on any atom is 0.417 e. The highest BCUT2D eigenvalue weighted by Gasteiger charge is 2.48. The van der Waals surface area contributed by atoms with Crippen LogP contribution in [0.4, 0.5) is 13.2 Å². The molecular formula is C24H31F3N4O4. The van der Waals surface area contributed by atoms with E-state index in [9.17, 15) is 18.0 Å². The molecule has 0 bridgehead atoms. The number of nitrogens with one attached hydrogen (secondary N) is 1. The average molecular weight is 497 g/mol. The van der Waals surface area contributed by atoms with Gasteiger partial charge in [0.05, 0.1) is 36.4 Å². The van der Waals surface area contributed by atoms with Crippen molar-refractivity contribution in [3.8, 4) is 6.07 Å². The molecule has 1 saturated carbocycles. The highest BCUT2D eigenvalue weighted by atomic mass is 19.4. The third-order valence-corrected chi connectivity index (χ3v) is 7.32. The summed E-state index contributed by atoms with van der Waals surface area (Å²) in [5, 5.41) is 12.6. The van der Waals surface area contributed by atoms with Gasteiger partial charge in [0, 0.05) is 57.2 Å². The smallest absolute Gasteiger partial charge is 0.379 e. The van der Waals surface area contributed by atoms with E-state index in [4.69, 9.17) is 19.5 Å². The first kappa shape index (κ1) is 25.8. The highest BCUT2D eigenvalue weighted by Crippen LogP contribution is 2.42. The summed E-state index contributed by atoms with van der Waals surface area (Å²) in [6.07, 6.45) is -0.668. The molecule has 8 nitrogen and oxygen atoms in total. The maximum absolute atomic E-state index is 13.8. The van der Waals surface area contributed by atoms with E-state index in [1.807, 2.05) is 6.07 Å². The lowest BCUT2D eigenvalue weighted by molar-refractivity contribution is -0.146. The van der Waals surface area contributed by atoms with Crippen LogP contribution in [0.3, 0.4) is 0 Å². The minimum absolute atomic E-state index is 0.0564. The van der Waals surface area contributed by atoms with Crippen molar-refractivity contribution in [3.05, 3.63) is 29.1 Å². The number of carbonyl (C=O) groups excluding carboxylic acids is 1. The number of methoxy groups -OCH3 is 1. The van der Waals surface area contributed by atoms with Crippen LogP contribution in [0.1, 0.15) is 42.5 Å². The number of rotatable bonds is 7. The Morgan fingerprint density at radius 2 is 2.26 bits per heavy atom. The number of fused-ring (bicyclic) bond motifs is 1. The average Bonchev–Trinajstić information content (AvgIpc) is 3.26. The Morgan fingerprint density at radius 3 is 3.00 bits per heavy atom. The quantitative estimate of drug-likeness (QED) is 0.580. The van der Waals surface area contributed by atoms with Crippen molar-refractivity contribution in [2.24, 2.45) is 5.41 Å². The van der Waals surface area contributed by atoms with Gasteiger partial charge in [-0.1, -0.05) is 0 Å². The predicted molar refractivity (Wildman–Crippen MR) is 118 cm³/mol. The molecular weight excluding hydrogens is 465 g/mol. The summed E-state index contributed by atoms with van der Waals surface area (Å²) in [6.45, 7) is 1.59. The normalized spacial score (nSPS) is 29.0. The molecule has 3 heterocycles. The van der Waals surface area contributed by atoms with E-state index in [1.54, 1.807) is 12.0 Å². The van der Waals surface area contributed by atoms with E-state index in [-0.39, 0.29) is 43.9 Å². The molecule has 1 amide bonds. The van der Waals surface area contributed by atoms with E-state index in [2.05, 4.69) is 10.3 Å². The van der Waals surface area contributed by atoms with Gasteiger partial charge in [-0.2, -0.15) is 18.4 Å². The molecule has 2 aliphatic heterocycles. The summed E-state index contributed by atoms with van der Waals surface area (Å²) >= 11 is 0. The van der Waals surface area contributed by atoms with E-state index < -0.39 is 17.2 Å². The van der Waals surface area contributed by atoms with Crippen molar-refractivity contribution in [2.45, 2.75) is 63.0 Å². The molecule has 0 unspecified atom stereocenters. The summed E-state index contributed by atoms with van der Waals surface area (Å²) < 4.78 is 56.2. The number of halogens is 3. The standard InChI is InChI=1S/C24H31F3N4O4/c1-33-21-14-34-8-4-20(21)30-18-2-5-23(11-18,15-35-9-6-28)22(32)31-7-3-19-16(13-31)10-17(12-29-19)24(25,26)27/h10,12,18,20-21,30H,2-5,7-9,11,13-15H2,1H3/t18-,20+,21-,23+/m1/s1. The van der Waals surface area contributed by atoms with E-state index >= 15 is 0 Å². The van der Waals surface area contributed by atoms with Crippen LogP contribution in [0.25, 0.3) is 0 Å². The molecule has 4 rings (SSSR count). The second-order valence-corrected chi connectivity index (χ2v) is 9.59. The summed E-state index contributed by atoms with van der Waals surface area (Å²) in [4.78, 5) is 19.4. The Labute approximate surface area is 202 Å². The summed E-state index contributed by atoms with van der Waals surface area (Å²) in [5.41, 5.74) is -0.639. The second-order valence-electron chi connectivity index (χ2n) is 9.59. The van der Waals surface area contributed by atoms with Crippen molar-refractivity contribution in [1.82, 2.24) is 15.2 Å². The van der Waals surface area contributed by atoms with Crippen LogP contribution in [0, 0.1) is 16.7 Å². The SMILES string of the molecule is CO[C@@H]1COCC[C@@H]1N[C@@H]1CC[C@](COCC#N)(C(=O)N2CCc3ncc(C(F)(F)F)cc3C2)C1. The first-order valence-corrected chi connectivity index (χ1v) is 11.9. The fourth-order valence-electron chi connectivity index (χ4n) is 5.48. The van der Waals surface area contributed by atoms with E-state index in [1.165, 1.54) is 0 Å². The van der Waals surface area contributed by atoms with Crippen molar-refractivity contribution in [3.63, 3.8) is 0 Å². The van der Waals surface area contributed by atoms with Crippen molar-refractivity contribution < 1.29 is 32.2 Å². The second kappa shape index (κ2) is 10.8. The first-order chi connectivity index (χ1) is 16.8. The number of hydrogen-bond donors (Lipinski definition) is 1. The van der Waals surface area contributed by atoms with Gasteiger partial charge in [0.15, 0.2) is 0 Å². The topological polar surface area (TPSA) is 96.7 Å². The van der Waals surface area contributed by atoms with Crippen molar-refractivity contribution in [2.75, 3.05) is 40.1 Å². The number of nitriles is 1. The molecule has 1 N–H and O–H groups in total. The lowest BCUT2D eigenvalue weighted by Crippen LogP contribution is -2.52. The predicted octanol–water partition coefficient (Wildman–Crippen LogP) is 2.46. The van der Waals surface area contributed by atoms with Gasteiger partial charge in [-0.15, -0.1) is 0 Å². The number of pyridine rings is 1. The molecule has 192 valence electrons. The Bertz CT molecular complexity index is 954. The molecule has 11 heteroatoms. The molecule has 1 aromatic rings. The molecule has 1 aliphatic carbocycles. The highest BCUT2D eigenvalue weighted by molar-refractivity contribution is 5.83. The van der Waals surface area contributed by atoms with Crippen molar-refractivity contribution in [1.29, 1.82) is 5.26 Å². The summed E-state index contributed by atoms with van der Waals surface area (Å²) in [7, 11) is 1.65. The number of aromatic nitrogens is 1. The number of hydrogen-bond acceptors (Lipinski definition) is 7. The zero-order valence-corrected chi connectivity index (χ0v) is 19.8. The Balaban J connectivity index is 1.49. The molecule has 0 spiro atoms. The number of alkyl halides is 3. The van der Waals surface area contributed by atoms with Crippen LogP contribution >= 0.6 is 0 Å². The monoisotopic (exact) mass is 496 g/mol. The molecule has 3 aliphatic rings. The molecule has 0 aromatic carbocycles. The Kier molecular flexibility index (Phi) is 7.96. The van der Waals surface area contributed by atoms with Crippen LogP contribution in [-0.4, -0.2) is 74.1 Å². The third-order valence-electron chi connectivity index (χ3n) is 7.32. The van der Waals surface area contributed by atoms with Crippen LogP contribution in [0.2, 0.25) is 0 Å². The van der Waals surface area contributed by atoms with Gasteiger partial charge in [-0.25, -0.2) is 0 Å². The number of nitrogens with zero attached hydrogens (tertiary/aromatic N) is 3. The first-order valence-electron chi connectivity index (χ1n) is 11.9. The minimum Gasteiger partial charge on any atom is -0.379 e. The van der Waals surface area contributed by atoms with Gasteiger partial charge in [0.2, 0.25) is 5.91 Å². The van der Waals surface area contributed by atoms with Gasteiger partial charge in [-0.05, 0) is 37.3 Å². The van der Waals surface area contributed by atoms with E-state index in [0.29, 0.717) is 50.3 Å². The number of amides is 1. The van der Waals surface area contributed by atoms with E-state index in [0.717, 1.165) is 25.1 Å².